The lowest BCUT2D eigenvalue weighted by Crippen LogP contribution is -2.31. The van der Waals surface area contributed by atoms with E-state index in [0.717, 1.165) is 50.8 Å². The number of hydrogen-bond acceptors (Lipinski definition) is 5. The van der Waals surface area contributed by atoms with E-state index < -0.39 is 0 Å². The average molecular weight is 470 g/mol. The molecule has 33 heavy (non-hydrogen) atoms. The van der Waals surface area contributed by atoms with E-state index >= 15 is 0 Å². The smallest absolute Gasteiger partial charge is 0.259 e. The summed E-state index contributed by atoms with van der Waals surface area (Å²) in [6.45, 7) is 9.14. The molecule has 1 aliphatic heterocycles. The fourth-order valence-electron chi connectivity index (χ4n) is 4.90. The van der Waals surface area contributed by atoms with Crippen LogP contribution in [-0.2, 0) is 17.6 Å². The molecule has 0 spiro atoms. The van der Waals surface area contributed by atoms with Crippen LogP contribution in [0.5, 0.6) is 5.75 Å². The van der Waals surface area contributed by atoms with E-state index in [0.29, 0.717) is 34.5 Å². The van der Waals surface area contributed by atoms with Gasteiger partial charge in [0.25, 0.3) is 5.91 Å². The number of para-hydroxylation sites is 2. The first-order valence-electron chi connectivity index (χ1n) is 11.9. The molecule has 0 saturated carbocycles. The summed E-state index contributed by atoms with van der Waals surface area (Å²) < 4.78 is 5.41. The number of anilines is 2. The van der Waals surface area contributed by atoms with Crippen molar-refractivity contribution in [1.29, 1.82) is 0 Å². The molecule has 0 unspecified atom stereocenters. The normalized spacial score (nSPS) is 18.6. The van der Waals surface area contributed by atoms with Gasteiger partial charge in [0.15, 0.2) is 0 Å². The molecule has 1 aliphatic carbocycles. The highest BCUT2D eigenvalue weighted by Crippen LogP contribution is 2.44. The fraction of sp³-hybridized carbons (Fsp3) is 0.538. The van der Waals surface area contributed by atoms with Gasteiger partial charge in [0.2, 0.25) is 5.91 Å². The maximum atomic E-state index is 13.5. The van der Waals surface area contributed by atoms with Crippen molar-refractivity contribution in [3.8, 4) is 5.75 Å². The van der Waals surface area contributed by atoms with Crippen molar-refractivity contribution < 1.29 is 14.3 Å². The zero-order chi connectivity index (χ0) is 23.6. The molecular weight excluding hydrogens is 434 g/mol. The quantitative estimate of drug-likeness (QED) is 0.610. The summed E-state index contributed by atoms with van der Waals surface area (Å²) in [5, 5.41) is 6.78. The highest BCUT2D eigenvalue weighted by Gasteiger charge is 2.34. The fourth-order valence-corrected chi connectivity index (χ4v) is 6.24. The molecule has 1 saturated heterocycles. The molecule has 1 fully saturated rings. The molecule has 7 heteroatoms. The van der Waals surface area contributed by atoms with Gasteiger partial charge in [0, 0.05) is 4.88 Å². The van der Waals surface area contributed by atoms with Gasteiger partial charge in [-0.3, -0.25) is 14.5 Å². The number of benzene rings is 1. The van der Waals surface area contributed by atoms with Gasteiger partial charge in [-0.25, -0.2) is 0 Å². The third kappa shape index (κ3) is 5.41. The summed E-state index contributed by atoms with van der Waals surface area (Å²) in [5.74, 6) is 0.932. The number of hydrogen-bond donors (Lipinski definition) is 2. The van der Waals surface area contributed by atoms with E-state index in [4.69, 9.17) is 4.74 Å². The molecule has 1 aromatic carbocycles. The highest BCUT2D eigenvalue weighted by atomic mass is 32.1. The van der Waals surface area contributed by atoms with Gasteiger partial charge in [-0.1, -0.05) is 32.9 Å². The van der Waals surface area contributed by atoms with E-state index in [1.165, 1.54) is 4.88 Å². The van der Waals surface area contributed by atoms with Crippen LogP contribution < -0.4 is 15.4 Å². The van der Waals surface area contributed by atoms with Crippen molar-refractivity contribution in [3.63, 3.8) is 0 Å². The average Bonchev–Trinajstić information content (AvgIpc) is 3.40. The minimum atomic E-state index is -0.192. The number of carbonyl (C=O) groups excluding carboxylic acids is 2. The van der Waals surface area contributed by atoms with Crippen molar-refractivity contribution >= 4 is 33.8 Å². The number of nitrogens with one attached hydrogen (secondary N) is 2. The Hall–Kier alpha value is -2.38. The Labute approximate surface area is 200 Å². The Morgan fingerprint density at radius 1 is 1.15 bits per heavy atom. The van der Waals surface area contributed by atoms with Gasteiger partial charge < -0.3 is 15.4 Å². The van der Waals surface area contributed by atoms with Gasteiger partial charge in [-0.05, 0) is 74.2 Å². The van der Waals surface area contributed by atoms with Gasteiger partial charge in [-0.15, -0.1) is 11.3 Å². The number of methoxy groups -OCH3 is 1. The summed E-state index contributed by atoms with van der Waals surface area (Å²) >= 11 is 1.57. The molecule has 2 aliphatic rings. The molecule has 178 valence electrons. The Kier molecular flexibility index (Phi) is 7.10. The number of nitrogens with zero attached hydrogens (tertiary/aromatic N) is 1. The van der Waals surface area contributed by atoms with Gasteiger partial charge >= 0.3 is 0 Å². The van der Waals surface area contributed by atoms with E-state index in [-0.39, 0.29) is 17.2 Å². The van der Waals surface area contributed by atoms with Crippen LogP contribution in [-0.4, -0.2) is 43.5 Å². The van der Waals surface area contributed by atoms with Gasteiger partial charge in [0.05, 0.1) is 24.9 Å². The van der Waals surface area contributed by atoms with Crippen LogP contribution in [0.2, 0.25) is 0 Å². The van der Waals surface area contributed by atoms with Crippen LogP contribution in [0.1, 0.15) is 60.8 Å². The van der Waals surface area contributed by atoms with Gasteiger partial charge in [-0.2, -0.15) is 0 Å². The summed E-state index contributed by atoms with van der Waals surface area (Å²) in [5.41, 5.74) is 2.54. The summed E-state index contributed by atoms with van der Waals surface area (Å²) in [6, 6.07) is 7.40. The zero-order valence-electron chi connectivity index (χ0n) is 20.1. The maximum absolute atomic E-state index is 13.5. The predicted octanol–water partition coefficient (Wildman–Crippen LogP) is 5.19. The monoisotopic (exact) mass is 469 g/mol. The summed E-state index contributed by atoms with van der Waals surface area (Å²) in [7, 11) is 1.59. The summed E-state index contributed by atoms with van der Waals surface area (Å²) in [4.78, 5) is 29.8. The molecular formula is C26H35N3O3S. The third-order valence-corrected chi connectivity index (χ3v) is 8.06. The number of likely N-dealkylation sites (tertiary alicyclic amines) is 1. The van der Waals surface area contributed by atoms with Crippen LogP contribution in [0.3, 0.4) is 0 Å². The number of ether oxygens (including phenoxy) is 1. The lowest BCUT2D eigenvalue weighted by Gasteiger charge is -2.33. The van der Waals surface area contributed by atoms with Crippen molar-refractivity contribution in [3.05, 3.63) is 40.3 Å². The SMILES string of the molecule is COc1ccccc1NC(=O)c1c(NC(=O)CN2CCCC2)sc2c1CC[C@H](C(C)(C)C)C2. The highest BCUT2D eigenvalue weighted by molar-refractivity contribution is 7.17. The molecule has 0 radical (unpaired) electrons. The lowest BCUT2D eigenvalue weighted by molar-refractivity contribution is -0.117. The van der Waals surface area contributed by atoms with Crippen molar-refractivity contribution in [2.45, 2.75) is 52.9 Å². The Bertz CT molecular complexity index is 1020. The Balaban J connectivity index is 1.62. The molecule has 6 nitrogen and oxygen atoms in total. The van der Waals surface area contributed by atoms with Crippen molar-refractivity contribution in [1.82, 2.24) is 4.90 Å². The summed E-state index contributed by atoms with van der Waals surface area (Å²) in [6.07, 6.45) is 5.12. The second-order valence-electron chi connectivity index (χ2n) is 10.2. The number of fused-ring (bicyclic) bond motifs is 1. The zero-order valence-corrected chi connectivity index (χ0v) is 20.9. The maximum Gasteiger partial charge on any atom is 0.259 e. The molecule has 2 amide bonds. The third-order valence-electron chi connectivity index (χ3n) is 6.89. The molecule has 1 atom stereocenters. The first-order valence-corrected chi connectivity index (χ1v) is 12.7. The lowest BCUT2D eigenvalue weighted by atomic mass is 9.72. The topological polar surface area (TPSA) is 70.7 Å². The van der Waals surface area contributed by atoms with E-state index in [9.17, 15) is 9.59 Å². The van der Waals surface area contributed by atoms with Crippen LogP contribution in [0.25, 0.3) is 0 Å². The Morgan fingerprint density at radius 2 is 1.88 bits per heavy atom. The van der Waals surface area contributed by atoms with E-state index in [2.05, 4.69) is 36.3 Å². The minimum Gasteiger partial charge on any atom is -0.495 e. The van der Waals surface area contributed by atoms with Crippen LogP contribution in [0.4, 0.5) is 10.7 Å². The molecule has 2 N–H and O–H groups in total. The molecule has 4 rings (SSSR count). The van der Waals surface area contributed by atoms with Crippen molar-refractivity contribution in [2.24, 2.45) is 11.3 Å². The second kappa shape index (κ2) is 9.85. The predicted molar refractivity (Wildman–Crippen MR) is 135 cm³/mol. The van der Waals surface area contributed by atoms with Crippen molar-refractivity contribution in [2.75, 3.05) is 37.4 Å². The second-order valence-corrected chi connectivity index (χ2v) is 11.3. The minimum absolute atomic E-state index is 0.0470. The molecule has 1 aromatic heterocycles. The molecule has 2 heterocycles. The molecule has 0 bridgehead atoms. The van der Waals surface area contributed by atoms with Crippen LogP contribution in [0.15, 0.2) is 24.3 Å². The number of amides is 2. The van der Waals surface area contributed by atoms with Crippen LogP contribution >= 0.6 is 11.3 Å². The van der Waals surface area contributed by atoms with Gasteiger partial charge in [0.1, 0.15) is 10.8 Å². The first-order chi connectivity index (χ1) is 15.8. The largest absolute Gasteiger partial charge is 0.495 e. The first kappa shape index (κ1) is 23.8. The Morgan fingerprint density at radius 3 is 2.58 bits per heavy atom. The standard InChI is InChI=1S/C26H35N3O3S/c1-26(2,3)17-11-12-18-21(15-17)33-25(28-22(30)16-29-13-7-8-14-29)23(18)24(31)27-19-9-5-6-10-20(19)32-4/h5-6,9-10,17H,7-8,11-16H2,1-4H3,(H,27,31)(H,28,30)/t17-/m0/s1. The van der Waals surface area contributed by atoms with Crippen LogP contribution in [0, 0.1) is 11.3 Å². The number of thiophene rings is 1. The van der Waals surface area contributed by atoms with E-state index in [1.54, 1.807) is 18.4 Å². The number of carbonyl (C=O) groups is 2. The molecule has 2 aromatic rings. The van der Waals surface area contributed by atoms with E-state index in [1.807, 2.05) is 24.3 Å². The number of rotatable bonds is 6.